The number of hydrogen-bond donors (Lipinski definition) is 0. The van der Waals surface area contributed by atoms with Gasteiger partial charge >= 0.3 is 0 Å². The van der Waals surface area contributed by atoms with Crippen molar-refractivity contribution in [3.8, 4) is 22.3 Å². The third-order valence-corrected chi connectivity index (χ3v) is 13.4. The smallest absolute Gasteiger partial charge is 0.0465 e. The lowest BCUT2D eigenvalue weighted by Crippen LogP contribution is -2.17. The van der Waals surface area contributed by atoms with Crippen LogP contribution in [0.15, 0.2) is 170 Å². The summed E-state index contributed by atoms with van der Waals surface area (Å²) in [7, 11) is 0. The summed E-state index contributed by atoms with van der Waals surface area (Å²) in [5.74, 6) is 0. The molecule has 62 heavy (non-hydrogen) atoms. The summed E-state index contributed by atoms with van der Waals surface area (Å²) >= 11 is 0. The Balaban J connectivity index is 0.947. The molecule has 0 bridgehead atoms. The van der Waals surface area contributed by atoms with E-state index in [0.717, 1.165) is 0 Å². The zero-order chi connectivity index (χ0) is 42.9. The van der Waals surface area contributed by atoms with E-state index in [0.29, 0.717) is 0 Å². The van der Waals surface area contributed by atoms with E-state index in [1.165, 1.54) is 112 Å². The van der Waals surface area contributed by atoms with Crippen LogP contribution < -0.4 is 9.80 Å². The minimum atomic E-state index is -0.161. The van der Waals surface area contributed by atoms with E-state index in [4.69, 9.17) is 0 Å². The van der Waals surface area contributed by atoms with Gasteiger partial charge in [0.15, 0.2) is 0 Å². The van der Waals surface area contributed by atoms with Crippen LogP contribution in [0, 0.1) is 27.7 Å². The molecule has 304 valence electrons. The summed E-state index contributed by atoms with van der Waals surface area (Å²) in [6.45, 7) is 18.2. The second kappa shape index (κ2) is 14.9. The molecule has 0 saturated carbocycles. The van der Waals surface area contributed by atoms with Crippen LogP contribution in [-0.4, -0.2) is 0 Å². The van der Waals surface area contributed by atoms with E-state index in [9.17, 15) is 0 Å². The second-order valence-electron chi connectivity index (χ2n) is 18.7. The first kappa shape index (κ1) is 39.2. The molecule has 0 heterocycles. The highest BCUT2D eigenvalue weighted by atomic mass is 15.1. The summed E-state index contributed by atoms with van der Waals surface area (Å²) in [5.41, 5.74) is 24.9. The molecule has 2 aliphatic rings. The van der Waals surface area contributed by atoms with Gasteiger partial charge in [0.2, 0.25) is 0 Å². The summed E-state index contributed by atoms with van der Waals surface area (Å²) in [4.78, 5) is 4.79. The summed E-state index contributed by atoms with van der Waals surface area (Å²) in [6.07, 6.45) is 4.58. The first-order valence-corrected chi connectivity index (χ1v) is 22.0. The number of hydrogen-bond acceptors (Lipinski definition) is 2. The zero-order valence-corrected chi connectivity index (χ0v) is 37.2. The highest BCUT2D eigenvalue weighted by Crippen LogP contribution is 2.53. The van der Waals surface area contributed by atoms with Crippen molar-refractivity contribution in [2.45, 2.75) is 66.2 Å². The molecule has 0 fully saturated rings. The van der Waals surface area contributed by atoms with Gasteiger partial charge < -0.3 is 9.80 Å². The minimum absolute atomic E-state index is 0.161. The van der Waals surface area contributed by atoms with Gasteiger partial charge in [-0.2, -0.15) is 0 Å². The molecule has 0 saturated heterocycles. The van der Waals surface area contributed by atoms with Crippen LogP contribution in [0.2, 0.25) is 0 Å². The molecule has 0 aliphatic heterocycles. The van der Waals surface area contributed by atoms with Gasteiger partial charge in [-0.3, -0.25) is 0 Å². The summed E-state index contributed by atoms with van der Waals surface area (Å²) in [5, 5.41) is 0. The number of nitrogens with zero attached hydrogens (tertiary/aromatic N) is 2. The van der Waals surface area contributed by atoms with Crippen molar-refractivity contribution in [3.63, 3.8) is 0 Å². The molecule has 10 rings (SSSR count). The fraction of sp³-hybridized carbons (Fsp3) is 0.167. The average Bonchev–Trinajstić information content (AvgIpc) is 3.61. The molecule has 0 aromatic heterocycles. The Bertz CT molecular complexity index is 2790. The summed E-state index contributed by atoms with van der Waals surface area (Å²) < 4.78 is 0. The maximum atomic E-state index is 2.42. The Kier molecular flexibility index (Phi) is 9.45. The Morgan fingerprint density at radius 3 is 0.887 bits per heavy atom. The molecule has 0 N–H and O–H groups in total. The van der Waals surface area contributed by atoms with Crippen molar-refractivity contribution >= 4 is 46.3 Å². The van der Waals surface area contributed by atoms with Crippen molar-refractivity contribution in [3.05, 3.63) is 225 Å². The molecule has 2 nitrogen and oxygen atoms in total. The van der Waals surface area contributed by atoms with Crippen molar-refractivity contribution < 1.29 is 0 Å². The molecule has 8 aromatic rings. The lowest BCUT2D eigenvalue weighted by atomic mass is 9.81. The standard InChI is InChI=1S/C60H54N2/c1-39-13-9-17-45(31-39)61(46-18-10-14-40(2)32-46)49-25-29-53-51-27-23-43(35-55(51)59(5,6)57(53)37-49)21-22-44-24-28-52-54-30-26-50(38-58(54)60(7,8)56(52)36-44)62(47-19-11-15-41(3)33-47)48-20-12-16-42(4)34-48/h9-38H,1-8H3. The molecule has 0 unspecified atom stereocenters. The average molecular weight is 803 g/mol. The van der Waals surface area contributed by atoms with E-state index in [2.05, 4.69) is 247 Å². The zero-order valence-electron chi connectivity index (χ0n) is 37.2. The van der Waals surface area contributed by atoms with Gasteiger partial charge in [0, 0.05) is 45.0 Å². The van der Waals surface area contributed by atoms with Gasteiger partial charge in [-0.15, -0.1) is 0 Å². The molecular weight excluding hydrogens is 749 g/mol. The minimum Gasteiger partial charge on any atom is -0.310 e. The fourth-order valence-electron chi connectivity index (χ4n) is 10.1. The number of aryl methyl sites for hydroxylation is 4. The van der Waals surface area contributed by atoms with Crippen LogP contribution in [0.3, 0.4) is 0 Å². The number of rotatable bonds is 8. The van der Waals surface area contributed by atoms with Gasteiger partial charge in [0.05, 0.1) is 0 Å². The first-order chi connectivity index (χ1) is 29.8. The molecule has 8 aromatic carbocycles. The summed E-state index contributed by atoms with van der Waals surface area (Å²) in [6, 6.07) is 63.4. The van der Waals surface area contributed by atoms with E-state index in [-0.39, 0.29) is 10.8 Å². The molecule has 0 amide bonds. The normalized spacial score (nSPS) is 14.0. The van der Waals surface area contributed by atoms with Crippen molar-refractivity contribution in [2.75, 3.05) is 9.80 Å². The number of benzene rings is 8. The number of anilines is 6. The van der Waals surface area contributed by atoms with Gasteiger partial charge in [0.1, 0.15) is 0 Å². The molecule has 0 radical (unpaired) electrons. The highest BCUT2D eigenvalue weighted by molar-refractivity contribution is 5.89. The topological polar surface area (TPSA) is 6.48 Å². The van der Waals surface area contributed by atoms with E-state index >= 15 is 0 Å². The van der Waals surface area contributed by atoms with Crippen LogP contribution in [0.4, 0.5) is 34.1 Å². The Morgan fingerprint density at radius 1 is 0.306 bits per heavy atom. The lowest BCUT2D eigenvalue weighted by Gasteiger charge is -2.28. The molecular formula is C60H54N2. The molecule has 2 heteroatoms. The Labute approximate surface area is 368 Å². The van der Waals surface area contributed by atoms with E-state index in [1.807, 2.05) is 0 Å². The quantitative estimate of drug-likeness (QED) is 0.141. The molecule has 0 atom stereocenters. The first-order valence-electron chi connectivity index (χ1n) is 22.0. The predicted molar refractivity (Wildman–Crippen MR) is 265 cm³/mol. The third kappa shape index (κ3) is 6.75. The Morgan fingerprint density at radius 2 is 0.581 bits per heavy atom. The van der Waals surface area contributed by atoms with Gasteiger partial charge in [0.25, 0.3) is 0 Å². The maximum Gasteiger partial charge on any atom is 0.0465 e. The van der Waals surface area contributed by atoms with Gasteiger partial charge in [-0.05, 0) is 178 Å². The third-order valence-electron chi connectivity index (χ3n) is 13.4. The van der Waals surface area contributed by atoms with Crippen LogP contribution >= 0.6 is 0 Å². The Hall–Kier alpha value is -6.90. The predicted octanol–water partition coefficient (Wildman–Crippen LogP) is 16.6. The van der Waals surface area contributed by atoms with Crippen LogP contribution in [0.5, 0.6) is 0 Å². The van der Waals surface area contributed by atoms with Crippen molar-refractivity contribution in [1.29, 1.82) is 0 Å². The monoisotopic (exact) mass is 802 g/mol. The van der Waals surface area contributed by atoms with Crippen molar-refractivity contribution in [1.82, 2.24) is 0 Å². The maximum absolute atomic E-state index is 2.42. The number of fused-ring (bicyclic) bond motifs is 6. The van der Waals surface area contributed by atoms with Gasteiger partial charge in [-0.1, -0.05) is 137 Å². The van der Waals surface area contributed by atoms with Gasteiger partial charge in [-0.25, -0.2) is 0 Å². The van der Waals surface area contributed by atoms with Crippen LogP contribution in [0.25, 0.3) is 34.4 Å². The lowest BCUT2D eigenvalue weighted by molar-refractivity contribution is 0.660. The molecule has 2 aliphatic carbocycles. The SMILES string of the molecule is Cc1cccc(N(c2cccc(C)c2)c2ccc3c(c2)C(C)(C)c2cc(C=Cc4ccc5c(c4)C(C)(C)c4cc(N(c6cccc(C)c6)c6cccc(C)c6)ccc4-5)ccc2-3)c1. The van der Waals surface area contributed by atoms with Crippen molar-refractivity contribution in [2.24, 2.45) is 0 Å². The largest absolute Gasteiger partial charge is 0.310 e. The van der Waals surface area contributed by atoms with Crippen LogP contribution in [-0.2, 0) is 10.8 Å². The second-order valence-corrected chi connectivity index (χ2v) is 18.7. The molecule has 0 spiro atoms. The highest BCUT2D eigenvalue weighted by Gasteiger charge is 2.37. The van der Waals surface area contributed by atoms with Crippen LogP contribution in [0.1, 0.15) is 83.3 Å². The van der Waals surface area contributed by atoms with E-state index < -0.39 is 0 Å². The fourth-order valence-corrected chi connectivity index (χ4v) is 10.1. The van der Waals surface area contributed by atoms with E-state index in [1.54, 1.807) is 0 Å².